The molecule has 18 heavy (non-hydrogen) atoms. The summed E-state index contributed by atoms with van der Waals surface area (Å²) in [5.74, 6) is -0.491. The van der Waals surface area contributed by atoms with Crippen molar-refractivity contribution in [2.45, 2.75) is 38.6 Å². The molecule has 100 valence electrons. The standard InChI is InChI=1S/C13H19ClFN3/c1-2-8-5-3-4-6-18(8)13-10(17)7-9(16)11(14)12(13)15/h7-8H,2-6,16-17H2,1H3. The van der Waals surface area contributed by atoms with Gasteiger partial charge < -0.3 is 16.4 Å². The third kappa shape index (κ3) is 2.21. The first kappa shape index (κ1) is 13.3. The molecule has 1 aliphatic heterocycles. The lowest BCUT2D eigenvalue weighted by Gasteiger charge is -2.38. The molecule has 1 saturated heterocycles. The van der Waals surface area contributed by atoms with Crippen LogP contribution in [0.1, 0.15) is 32.6 Å². The molecular weight excluding hydrogens is 253 g/mol. The number of nitrogen functional groups attached to an aromatic ring is 2. The van der Waals surface area contributed by atoms with Crippen molar-refractivity contribution in [1.29, 1.82) is 0 Å². The molecule has 0 amide bonds. The zero-order valence-electron chi connectivity index (χ0n) is 10.5. The predicted octanol–water partition coefficient (Wildman–Crippen LogP) is 3.41. The fourth-order valence-electron chi connectivity index (χ4n) is 2.67. The largest absolute Gasteiger partial charge is 0.397 e. The molecule has 1 aromatic rings. The summed E-state index contributed by atoms with van der Waals surface area (Å²) in [6.45, 7) is 2.93. The Hall–Kier alpha value is -1.16. The van der Waals surface area contributed by atoms with Gasteiger partial charge in [0, 0.05) is 12.6 Å². The van der Waals surface area contributed by atoms with Crippen LogP contribution in [0, 0.1) is 5.82 Å². The molecule has 0 aromatic heterocycles. The first-order valence-electron chi connectivity index (χ1n) is 6.35. The van der Waals surface area contributed by atoms with Gasteiger partial charge in [-0.3, -0.25) is 0 Å². The summed E-state index contributed by atoms with van der Waals surface area (Å²) < 4.78 is 14.3. The zero-order chi connectivity index (χ0) is 13.3. The summed E-state index contributed by atoms with van der Waals surface area (Å²) in [6, 6.07) is 1.87. The average molecular weight is 272 g/mol. The van der Waals surface area contributed by atoms with Crippen LogP contribution in [0.4, 0.5) is 21.5 Å². The van der Waals surface area contributed by atoms with Gasteiger partial charge in [-0.2, -0.15) is 0 Å². The highest BCUT2D eigenvalue weighted by Gasteiger charge is 2.27. The second kappa shape index (κ2) is 5.22. The molecule has 5 heteroatoms. The van der Waals surface area contributed by atoms with Gasteiger partial charge >= 0.3 is 0 Å². The summed E-state index contributed by atoms with van der Waals surface area (Å²) in [5.41, 5.74) is 12.5. The molecule has 4 N–H and O–H groups in total. The minimum absolute atomic E-state index is 0.0281. The molecule has 1 heterocycles. The van der Waals surface area contributed by atoms with Crippen molar-refractivity contribution in [3.8, 4) is 0 Å². The van der Waals surface area contributed by atoms with Crippen molar-refractivity contribution >= 4 is 28.7 Å². The molecule has 0 saturated carbocycles. The van der Waals surface area contributed by atoms with Gasteiger partial charge in [0.25, 0.3) is 0 Å². The van der Waals surface area contributed by atoms with Gasteiger partial charge in [-0.05, 0) is 31.7 Å². The predicted molar refractivity (Wildman–Crippen MR) is 75.5 cm³/mol. The number of nitrogens with zero attached hydrogens (tertiary/aromatic N) is 1. The maximum atomic E-state index is 14.3. The fraction of sp³-hybridized carbons (Fsp3) is 0.538. The minimum Gasteiger partial charge on any atom is -0.397 e. The van der Waals surface area contributed by atoms with Gasteiger partial charge in [-0.1, -0.05) is 18.5 Å². The van der Waals surface area contributed by atoms with Crippen molar-refractivity contribution in [2.75, 3.05) is 22.9 Å². The molecule has 1 fully saturated rings. The van der Waals surface area contributed by atoms with E-state index in [1.807, 2.05) is 4.90 Å². The third-order valence-electron chi connectivity index (χ3n) is 3.62. The highest BCUT2D eigenvalue weighted by Crippen LogP contribution is 2.39. The highest BCUT2D eigenvalue weighted by atomic mass is 35.5. The number of nitrogens with two attached hydrogens (primary N) is 2. The van der Waals surface area contributed by atoms with E-state index in [-0.39, 0.29) is 10.7 Å². The maximum Gasteiger partial charge on any atom is 0.169 e. The molecular formula is C13H19ClFN3. The van der Waals surface area contributed by atoms with Crippen molar-refractivity contribution in [3.63, 3.8) is 0 Å². The molecule has 0 bridgehead atoms. The number of benzene rings is 1. The van der Waals surface area contributed by atoms with Crippen molar-refractivity contribution < 1.29 is 4.39 Å². The average Bonchev–Trinajstić information content (AvgIpc) is 2.37. The Labute approximate surface area is 112 Å². The van der Waals surface area contributed by atoms with E-state index in [0.717, 1.165) is 25.8 Å². The van der Waals surface area contributed by atoms with Gasteiger partial charge in [-0.25, -0.2) is 4.39 Å². The molecule has 1 unspecified atom stereocenters. The molecule has 2 rings (SSSR count). The Morgan fingerprint density at radius 1 is 1.39 bits per heavy atom. The van der Waals surface area contributed by atoms with Crippen molar-refractivity contribution in [3.05, 3.63) is 16.9 Å². The van der Waals surface area contributed by atoms with Crippen LogP contribution in [0.3, 0.4) is 0 Å². The molecule has 0 radical (unpaired) electrons. The monoisotopic (exact) mass is 271 g/mol. The molecule has 1 aromatic carbocycles. The van der Waals surface area contributed by atoms with E-state index in [2.05, 4.69) is 6.92 Å². The first-order chi connectivity index (χ1) is 8.56. The second-order valence-corrected chi connectivity index (χ2v) is 5.16. The Morgan fingerprint density at radius 2 is 2.11 bits per heavy atom. The van der Waals surface area contributed by atoms with Crippen molar-refractivity contribution in [1.82, 2.24) is 0 Å². The summed E-state index contributed by atoms with van der Waals surface area (Å²) >= 11 is 5.88. The van der Waals surface area contributed by atoms with E-state index >= 15 is 0 Å². The normalized spacial score (nSPS) is 20.2. The lowest BCUT2D eigenvalue weighted by atomic mass is 9.98. The van der Waals surface area contributed by atoms with Gasteiger partial charge in [-0.15, -0.1) is 0 Å². The van der Waals surface area contributed by atoms with E-state index < -0.39 is 5.82 Å². The van der Waals surface area contributed by atoms with Gasteiger partial charge in [0.1, 0.15) is 5.02 Å². The smallest absolute Gasteiger partial charge is 0.169 e. The Bertz CT molecular complexity index is 450. The number of hydrogen-bond acceptors (Lipinski definition) is 3. The van der Waals surface area contributed by atoms with Crippen LogP contribution in [0.25, 0.3) is 0 Å². The van der Waals surface area contributed by atoms with Crippen LogP contribution in [0.15, 0.2) is 6.07 Å². The van der Waals surface area contributed by atoms with Crippen molar-refractivity contribution in [2.24, 2.45) is 0 Å². The summed E-state index contributed by atoms with van der Waals surface area (Å²) in [7, 11) is 0. The molecule has 1 atom stereocenters. The second-order valence-electron chi connectivity index (χ2n) is 4.78. The first-order valence-corrected chi connectivity index (χ1v) is 6.73. The van der Waals surface area contributed by atoms with E-state index in [1.54, 1.807) is 6.07 Å². The van der Waals surface area contributed by atoms with E-state index in [0.29, 0.717) is 17.4 Å². The number of piperidine rings is 1. The number of halogens is 2. The fourth-order valence-corrected chi connectivity index (χ4v) is 2.81. The van der Waals surface area contributed by atoms with Crippen LogP contribution in [0.5, 0.6) is 0 Å². The summed E-state index contributed by atoms with van der Waals surface area (Å²) in [4.78, 5) is 2.04. The zero-order valence-corrected chi connectivity index (χ0v) is 11.3. The highest BCUT2D eigenvalue weighted by molar-refractivity contribution is 6.33. The number of hydrogen-bond donors (Lipinski definition) is 2. The quantitative estimate of drug-likeness (QED) is 0.811. The SMILES string of the molecule is CCC1CCCCN1c1c(N)cc(N)c(Cl)c1F. The van der Waals surface area contributed by atoms with Gasteiger partial charge in [0.2, 0.25) is 0 Å². The molecule has 3 nitrogen and oxygen atoms in total. The van der Waals surface area contributed by atoms with E-state index in [4.69, 9.17) is 23.1 Å². The van der Waals surface area contributed by atoms with Gasteiger partial charge in [0.05, 0.1) is 17.1 Å². The molecule has 1 aliphatic rings. The Balaban J connectivity index is 2.46. The Kier molecular flexibility index (Phi) is 3.85. The van der Waals surface area contributed by atoms with E-state index in [1.165, 1.54) is 6.42 Å². The summed E-state index contributed by atoms with van der Waals surface area (Å²) in [5, 5.41) is -0.0281. The Morgan fingerprint density at radius 3 is 2.78 bits per heavy atom. The van der Waals surface area contributed by atoms with Crippen LogP contribution < -0.4 is 16.4 Å². The van der Waals surface area contributed by atoms with Crippen LogP contribution in [-0.2, 0) is 0 Å². The lowest BCUT2D eigenvalue weighted by Crippen LogP contribution is -2.40. The third-order valence-corrected chi connectivity index (χ3v) is 4.01. The lowest BCUT2D eigenvalue weighted by molar-refractivity contribution is 0.444. The van der Waals surface area contributed by atoms with Crippen LogP contribution >= 0.6 is 11.6 Å². The number of rotatable bonds is 2. The van der Waals surface area contributed by atoms with E-state index in [9.17, 15) is 4.39 Å². The van der Waals surface area contributed by atoms with Crippen LogP contribution in [-0.4, -0.2) is 12.6 Å². The number of anilines is 3. The topological polar surface area (TPSA) is 55.3 Å². The molecule has 0 aliphatic carbocycles. The molecule has 0 spiro atoms. The minimum atomic E-state index is -0.491. The van der Waals surface area contributed by atoms with Crippen LogP contribution in [0.2, 0.25) is 5.02 Å². The summed E-state index contributed by atoms with van der Waals surface area (Å²) in [6.07, 6.45) is 4.27. The maximum absolute atomic E-state index is 14.3. The van der Waals surface area contributed by atoms with Gasteiger partial charge in [0.15, 0.2) is 5.82 Å².